The molecule has 0 heterocycles. The first-order chi connectivity index (χ1) is 22.6. The van der Waals surface area contributed by atoms with Gasteiger partial charge in [0, 0.05) is 19.0 Å². The molecule has 1 fully saturated rings. The summed E-state index contributed by atoms with van der Waals surface area (Å²) in [7, 11) is -4.38. The van der Waals surface area contributed by atoms with Gasteiger partial charge in [-0.05, 0) is 62.1 Å². The molecule has 0 aromatic heterocycles. The van der Waals surface area contributed by atoms with Crippen LogP contribution in [0.15, 0.2) is 108 Å². The van der Waals surface area contributed by atoms with E-state index < -0.39 is 34.3 Å². The molecule has 0 spiro atoms. The van der Waals surface area contributed by atoms with E-state index in [0.29, 0.717) is 0 Å². The maximum absolute atomic E-state index is 15.3. The van der Waals surface area contributed by atoms with Gasteiger partial charge in [-0.15, -0.1) is 0 Å². The number of aryl methyl sites for hydroxylation is 2. The lowest BCUT2D eigenvalue weighted by Crippen LogP contribution is -2.55. The van der Waals surface area contributed by atoms with Crippen LogP contribution in [0.5, 0.6) is 0 Å². The van der Waals surface area contributed by atoms with Gasteiger partial charge in [-0.25, -0.2) is 12.8 Å². The van der Waals surface area contributed by atoms with E-state index in [-0.39, 0.29) is 35.5 Å². The quantitative estimate of drug-likeness (QED) is 0.184. The summed E-state index contributed by atoms with van der Waals surface area (Å²) >= 11 is 0. The maximum Gasteiger partial charge on any atom is 0.264 e. The van der Waals surface area contributed by atoms with E-state index >= 15 is 4.39 Å². The van der Waals surface area contributed by atoms with Gasteiger partial charge in [0.25, 0.3) is 10.0 Å². The Balaban J connectivity index is 1.57. The highest BCUT2D eigenvalue weighted by Gasteiger charge is 2.36. The topological polar surface area (TPSA) is 86.8 Å². The molecule has 0 unspecified atom stereocenters. The highest BCUT2D eigenvalue weighted by Crippen LogP contribution is 2.28. The number of carbonyl (C=O) groups excluding carboxylic acids is 2. The first kappa shape index (κ1) is 33.9. The normalized spacial score (nSPS) is 14.3. The molecule has 1 aliphatic carbocycles. The Labute approximate surface area is 277 Å². The highest BCUT2D eigenvalue weighted by molar-refractivity contribution is 7.92. The van der Waals surface area contributed by atoms with Crippen molar-refractivity contribution >= 4 is 27.5 Å². The minimum atomic E-state index is -4.38. The third-order valence-corrected chi connectivity index (χ3v) is 10.4. The van der Waals surface area contributed by atoms with Gasteiger partial charge >= 0.3 is 0 Å². The van der Waals surface area contributed by atoms with E-state index in [9.17, 15) is 18.0 Å². The summed E-state index contributed by atoms with van der Waals surface area (Å²) in [6.45, 7) is 3.14. The summed E-state index contributed by atoms with van der Waals surface area (Å²) < 4.78 is 44.4. The summed E-state index contributed by atoms with van der Waals surface area (Å²) in [5.41, 5.74) is 3.24. The molecule has 0 aliphatic heterocycles. The Morgan fingerprint density at radius 1 is 0.809 bits per heavy atom. The first-order valence-corrected chi connectivity index (χ1v) is 17.6. The Morgan fingerprint density at radius 2 is 1.47 bits per heavy atom. The molecule has 0 bridgehead atoms. The molecule has 4 aromatic carbocycles. The number of amides is 2. The maximum atomic E-state index is 15.3. The van der Waals surface area contributed by atoms with Gasteiger partial charge in [0.2, 0.25) is 11.8 Å². The molecule has 0 saturated heterocycles. The van der Waals surface area contributed by atoms with Crippen LogP contribution in [0.1, 0.15) is 54.4 Å². The fourth-order valence-electron chi connectivity index (χ4n) is 6.11. The van der Waals surface area contributed by atoms with Crippen LogP contribution >= 0.6 is 0 Å². The van der Waals surface area contributed by atoms with Gasteiger partial charge in [0.05, 0.1) is 10.6 Å². The number of carbonyl (C=O) groups is 2. The predicted molar refractivity (Wildman–Crippen MR) is 183 cm³/mol. The number of hydrogen-bond acceptors (Lipinski definition) is 4. The number of para-hydroxylation sites is 1. The van der Waals surface area contributed by atoms with Crippen molar-refractivity contribution in [3.8, 4) is 0 Å². The Morgan fingerprint density at radius 3 is 2.15 bits per heavy atom. The molecule has 4 aromatic rings. The lowest BCUT2D eigenvalue weighted by atomic mass is 9.94. The second-order valence-electron chi connectivity index (χ2n) is 12.3. The Kier molecular flexibility index (Phi) is 11.1. The number of rotatable bonds is 12. The van der Waals surface area contributed by atoms with Gasteiger partial charge in [-0.1, -0.05) is 109 Å². The average Bonchev–Trinajstić information content (AvgIpc) is 3.06. The molecule has 1 atom stereocenters. The number of benzene rings is 4. The van der Waals surface area contributed by atoms with E-state index in [1.165, 1.54) is 35.2 Å². The van der Waals surface area contributed by atoms with Crippen molar-refractivity contribution in [2.75, 3.05) is 10.8 Å². The molecule has 7 nitrogen and oxygen atoms in total. The van der Waals surface area contributed by atoms with Crippen molar-refractivity contribution in [1.29, 1.82) is 0 Å². The highest BCUT2D eigenvalue weighted by atomic mass is 32.2. The zero-order chi connectivity index (χ0) is 33.4. The summed E-state index contributed by atoms with van der Waals surface area (Å²) in [5.74, 6) is -1.69. The molecule has 1 aliphatic rings. The van der Waals surface area contributed by atoms with Gasteiger partial charge in [0.1, 0.15) is 18.4 Å². The van der Waals surface area contributed by atoms with Crippen LogP contribution in [0.2, 0.25) is 0 Å². The van der Waals surface area contributed by atoms with Crippen LogP contribution < -0.4 is 9.62 Å². The van der Waals surface area contributed by atoms with Crippen molar-refractivity contribution in [3.63, 3.8) is 0 Å². The molecule has 9 heteroatoms. The second-order valence-corrected chi connectivity index (χ2v) is 14.2. The lowest BCUT2D eigenvalue weighted by Gasteiger charge is -2.35. The van der Waals surface area contributed by atoms with E-state index in [0.717, 1.165) is 64.7 Å². The summed E-state index contributed by atoms with van der Waals surface area (Å²) in [6, 6.07) is 27.9. The molecule has 246 valence electrons. The molecule has 1 saturated carbocycles. The number of hydrogen-bond donors (Lipinski definition) is 1. The van der Waals surface area contributed by atoms with Crippen molar-refractivity contribution < 1.29 is 22.4 Å². The fourth-order valence-corrected chi connectivity index (χ4v) is 7.53. The number of sulfonamides is 1. The lowest BCUT2D eigenvalue weighted by molar-refractivity contribution is -0.140. The molecule has 2 amide bonds. The van der Waals surface area contributed by atoms with E-state index in [4.69, 9.17) is 0 Å². The SMILES string of the molecule is Cc1ccc(S(=O)(=O)N(CC(=O)N(Cc2cccc(C)c2)[C@H](Cc2ccccc2)C(=O)NC2CCCCC2)c2ccccc2F)cc1. The third-order valence-electron chi connectivity index (χ3n) is 8.67. The monoisotopic (exact) mass is 655 g/mol. The Bertz CT molecular complexity index is 1770. The molecular formula is C38H42FN3O4S. The smallest absolute Gasteiger partial charge is 0.264 e. The zero-order valence-electron chi connectivity index (χ0n) is 26.9. The standard InChI is InChI=1S/C38H42FN3O4S/c1-28-20-22-33(23-21-28)47(45,46)42(35-19-10-9-18-34(35)39)27-37(43)41(26-31-15-11-12-29(2)24-31)36(25-30-13-5-3-6-14-30)38(44)40-32-16-7-4-8-17-32/h3,5-6,9-15,18-24,32,36H,4,7-8,16-17,25-27H2,1-2H3,(H,40,44)/t36-/m1/s1. The zero-order valence-corrected chi connectivity index (χ0v) is 27.8. The van der Waals surface area contributed by atoms with Crippen LogP contribution in [0, 0.1) is 19.7 Å². The second kappa shape index (κ2) is 15.4. The minimum Gasteiger partial charge on any atom is -0.352 e. The number of halogens is 1. The van der Waals surface area contributed by atoms with Crippen LogP contribution in [0.25, 0.3) is 0 Å². The van der Waals surface area contributed by atoms with Gasteiger partial charge in [0.15, 0.2) is 0 Å². The van der Waals surface area contributed by atoms with Crippen molar-refractivity contribution in [2.24, 2.45) is 0 Å². The summed E-state index contributed by atoms with van der Waals surface area (Å²) in [4.78, 5) is 30.2. The molecule has 0 radical (unpaired) electrons. The molecule has 5 rings (SSSR count). The summed E-state index contributed by atoms with van der Waals surface area (Å²) in [5, 5.41) is 3.20. The van der Waals surface area contributed by atoms with Crippen molar-refractivity contribution in [2.45, 2.75) is 75.9 Å². The number of anilines is 1. The van der Waals surface area contributed by atoms with Crippen molar-refractivity contribution in [1.82, 2.24) is 10.2 Å². The first-order valence-electron chi connectivity index (χ1n) is 16.1. The van der Waals surface area contributed by atoms with Gasteiger partial charge in [-0.3, -0.25) is 13.9 Å². The van der Waals surface area contributed by atoms with Gasteiger partial charge < -0.3 is 10.2 Å². The van der Waals surface area contributed by atoms with E-state index in [1.807, 2.05) is 68.4 Å². The molecular weight excluding hydrogens is 614 g/mol. The largest absolute Gasteiger partial charge is 0.352 e. The Hall–Kier alpha value is -4.50. The van der Waals surface area contributed by atoms with Crippen LogP contribution in [-0.4, -0.2) is 43.8 Å². The van der Waals surface area contributed by atoms with Crippen LogP contribution in [0.4, 0.5) is 10.1 Å². The third kappa shape index (κ3) is 8.65. The average molecular weight is 656 g/mol. The number of nitrogens with one attached hydrogen (secondary N) is 1. The fraction of sp³-hybridized carbons (Fsp3) is 0.316. The molecule has 47 heavy (non-hydrogen) atoms. The van der Waals surface area contributed by atoms with E-state index in [1.54, 1.807) is 12.1 Å². The van der Waals surface area contributed by atoms with Crippen LogP contribution in [-0.2, 0) is 32.6 Å². The number of nitrogens with zero attached hydrogens (tertiary/aromatic N) is 2. The van der Waals surface area contributed by atoms with E-state index in [2.05, 4.69) is 5.32 Å². The molecule has 1 N–H and O–H groups in total. The van der Waals surface area contributed by atoms with Crippen molar-refractivity contribution in [3.05, 3.63) is 131 Å². The van der Waals surface area contributed by atoms with Crippen LogP contribution in [0.3, 0.4) is 0 Å². The summed E-state index contributed by atoms with van der Waals surface area (Å²) in [6.07, 6.45) is 5.13. The predicted octanol–water partition coefficient (Wildman–Crippen LogP) is 6.73. The minimum absolute atomic E-state index is 0.00210. The van der Waals surface area contributed by atoms with Gasteiger partial charge in [-0.2, -0.15) is 0 Å².